The molecule has 1 unspecified atom stereocenters. The van der Waals surface area contributed by atoms with Crippen molar-refractivity contribution in [2.24, 2.45) is 5.73 Å². The van der Waals surface area contributed by atoms with Crippen molar-refractivity contribution in [3.05, 3.63) is 29.8 Å². The van der Waals surface area contributed by atoms with E-state index < -0.39 is 29.3 Å². The molecule has 0 heterocycles. The number of primary amides is 1. The van der Waals surface area contributed by atoms with Crippen LogP contribution in [0.2, 0.25) is 0 Å². The molecule has 1 amide bonds. The van der Waals surface area contributed by atoms with E-state index in [0.717, 1.165) is 12.1 Å². The fourth-order valence-electron chi connectivity index (χ4n) is 1.28. The fourth-order valence-corrected chi connectivity index (χ4v) is 1.28. The van der Waals surface area contributed by atoms with Gasteiger partial charge in [-0.3, -0.25) is 4.79 Å². The van der Waals surface area contributed by atoms with Crippen LogP contribution in [0.25, 0.3) is 0 Å². The second-order valence-corrected chi connectivity index (χ2v) is 3.37. The number of hydrogen-bond donors (Lipinski definition) is 2. The first-order valence-corrected chi connectivity index (χ1v) is 5.15. The summed E-state index contributed by atoms with van der Waals surface area (Å²) in [6, 6.07) is 2.60. The smallest absolute Gasteiger partial charge is 0.238 e. The van der Waals surface area contributed by atoms with E-state index in [1.165, 1.54) is 6.07 Å². The number of ether oxygens (including phenoxy) is 1. The molecule has 0 aliphatic heterocycles. The standard InChI is InChI=1S/C11H14F2N2O2/c1-2-15-9(11(14)16)6-17-10-7(12)4-3-5-8(10)13/h3-5,9,15H,2,6H2,1H3,(H2,14,16). The van der Waals surface area contributed by atoms with E-state index in [-0.39, 0.29) is 6.61 Å². The van der Waals surface area contributed by atoms with Crippen LogP contribution < -0.4 is 15.8 Å². The number of likely N-dealkylation sites (N-methyl/N-ethyl adjacent to an activating group) is 1. The second kappa shape index (κ2) is 6.15. The quantitative estimate of drug-likeness (QED) is 0.778. The third-order valence-electron chi connectivity index (χ3n) is 2.11. The zero-order valence-corrected chi connectivity index (χ0v) is 9.37. The maximum atomic E-state index is 13.2. The number of nitrogens with one attached hydrogen (secondary N) is 1. The molecule has 0 spiro atoms. The number of carbonyl (C=O) groups is 1. The Labute approximate surface area is 97.8 Å². The maximum absolute atomic E-state index is 13.2. The Kier molecular flexibility index (Phi) is 4.84. The zero-order chi connectivity index (χ0) is 12.8. The minimum absolute atomic E-state index is 0.221. The number of para-hydroxylation sites is 1. The van der Waals surface area contributed by atoms with Crippen LogP contribution in [0.4, 0.5) is 8.78 Å². The first kappa shape index (κ1) is 13.4. The molecule has 94 valence electrons. The maximum Gasteiger partial charge on any atom is 0.238 e. The fraction of sp³-hybridized carbons (Fsp3) is 0.364. The number of hydrogen-bond acceptors (Lipinski definition) is 3. The van der Waals surface area contributed by atoms with Crippen molar-refractivity contribution in [2.75, 3.05) is 13.2 Å². The van der Waals surface area contributed by atoms with Gasteiger partial charge in [-0.25, -0.2) is 8.78 Å². The first-order chi connectivity index (χ1) is 8.06. The van der Waals surface area contributed by atoms with Gasteiger partial charge in [-0.15, -0.1) is 0 Å². The highest BCUT2D eigenvalue weighted by atomic mass is 19.1. The lowest BCUT2D eigenvalue weighted by Crippen LogP contribution is -2.45. The molecule has 1 aromatic rings. The summed E-state index contributed by atoms with van der Waals surface area (Å²) in [5.41, 5.74) is 5.09. The highest BCUT2D eigenvalue weighted by molar-refractivity contribution is 5.80. The lowest BCUT2D eigenvalue weighted by molar-refractivity contribution is -0.120. The SMILES string of the molecule is CCNC(COc1c(F)cccc1F)C(N)=O. The minimum atomic E-state index is -0.815. The van der Waals surface area contributed by atoms with Crippen LogP contribution in [-0.4, -0.2) is 25.1 Å². The lowest BCUT2D eigenvalue weighted by atomic mass is 10.3. The number of nitrogens with two attached hydrogens (primary N) is 1. The summed E-state index contributed by atoms with van der Waals surface area (Å²) < 4.78 is 31.3. The van der Waals surface area contributed by atoms with Crippen LogP contribution in [0.5, 0.6) is 5.75 Å². The van der Waals surface area contributed by atoms with E-state index >= 15 is 0 Å². The second-order valence-electron chi connectivity index (χ2n) is 3.37. The highest BCUT2D eigenvalue weighted by Crippen LogP contribution is 2.20. The largest absolute Gasteiger partial charge is 0.485 e. The topological polar surface area (TPSA) is 64.3 Å². The summed E-state index contributed by atoms with van der Waals surface area (Å²) in [6.45, 7) is 2.05. The van der Waals surface area contributed by atoms with Gasteiger partial charge in [0.25, 0.3) is 0 Å². The Bertz CT molecular complexity index is 379. The van der Waals surface area contributed by atoms with Crippen LogP contribution >= 0.6 is 0 Å². The van der Waals surface area contributed by atoms with Gasteiger partial charge < -0.3 is 15.8 Å². The molecule has 0 aromatic heterocycles. The minimum Gasteiger partial charge on any atom is -0.485 e. The monoisotopic (exact) mass is 244 g/mol. The molecular weight excluding hydrogens is 230 g/mol. The predicted octanol–water partition coefficient (Wildman–Crippen LogP) is 0.807. The molecule has 0 aliphatic rings. The van der Waals surface area contributed by atoms with Gasteiger partial charge in [0.15, 0.2) is 17.4 Å². The molecule has 0 bridgehead atoms. The Balaban J connectivity index is 2.68. The number of rotatable bonds is 6. The molecule has 6 heteroatoms. The summed E-state index contributed by atoms with van der Waals surface area (Å²) in [7, 11) is 0. The van der Waals surface area contributed by atoms with Crippen LogP contribution in [0.3, 0.4) is 0 Å². The zero-order valence-electron chi connectivity index (χ0n) is 9.37. The van der Waals surface area contributed by atoms with E-state index in [1.54, 1.807) is 6.92 Å². The van der Waals surface area contributed by atoms with E-state index in [2.05, 4.69) is 5.32 Å². The van der Waals surface area contributed by atoms with Crippen molar-refractivity contribution >= 4 is 5.91 Å². The summed E-state index contributed by atoms with van der Waals surface area (Å²) in [5, 5.41) is 2.75. The molecule has 0 saturated carbocycles. The Hall–Kier alpha value is -1.69. The molecule has 1 atom stereocenters. The molecule has 4 nitrogen and oxygen atoms in total. The Morgan fingerprint density at radius 2 is 2.06 bits per heavy atom. The van der Waals surface area contributed by atoms with E-state index in [1.807, 2.05) is 0 Å². The number of benzene rings is 1. The van der Waals surface area contributed by atoms with Crippen LogP contribution in [0.15, 0.2) is 18.2 Å². The molecule has 0 fully saturated rings. The summed E-state index contributed by atoms with van der Waals surface area (Å²) >= 11 is 0. The van der Waals surface area contributed by atoms with Crippen molar-refractivity contribution in [3.63, 3.8) is 0 Å². The van der Waals surface area contributed by atoms with Gasteiger partial charge in [-0.1, -0.05) is 13.0 Å². The number of carbonyl (C=O) groups excluding carboxylic acids is 1. The van der Waals surface area contributed by atoms with Gasteiger partial charge in [0, 0.05) is 0 Å². The first-order valence-electron chi connectivity index (χ1n) is 5.15. The average Bonchev–Trinajstić information content (AvgIpc) is 2.26. The molecule has 1 aromatic carbocycles. The van der Waals surface area contributed by atoms with Crippen molar-refractivity contribution in [1.29, 1.82) is 0 Å². The lowest BCUT2D eigenvalue weighted by Gasteiger charge is -2.15. The molecular formula is C11H14F2N2O2. The van der Waals surface area contributed by atoms with E-state index in [4.69, 9.17) is 10.5 Å². The predicted molar refractivity (Wildman–Crippen MR) is 58.5 cm³/mol. The summed E-state index contributed by atoms with van der Waals surface area (Å²) in [6.07, 6.45) is 0. The van der Waals surface area contributed by atoms with Crippen molar-refractivity contribution in [3.8, 4) is 5.75 Å². The van der Waals surface area contributed by atoms with Crippen LogP contribution in [0.1, 0.15) is 6.92 Å². The van der Waals surface area contributed by atoms with Gasteiger partial charge in [0.1, 0.15) is 12.6 Å². The van der Waals surface area contributed by atoms with Crippen molar-refractivity contribution in [2.45, 2.75) is 13.0 Å². The van der Waals surface area contributed by atoms with E-state index in [9.17, 15) is 13.6 Å². The van der Waals surface area contributed by atoms with Gasteiger partial charge in [0.2, 0.25) is 5.91 Å². The number of amides is 1. The van der Waals surface area contributed by atoms with Crippen LogP contribution in [0, 0.1) is 11.6 Å². The Morgan fingerprint density at radius 1 is 1.47 bits per heavy atom. The molecule has 17 heavy (non-hydrogen) atoms. The number of halogens is 2. The molecule has 0 aliphatic carbocycles. The molecule has 1 rings (SSSR count). The van der Waals surface area contributed by atoms with Crippen LogP contribution in [-0.2, 0) is 4.79 Å². The van der Waals surface area contributed by atoms with Gasteiger partial charge in [-0.2, -0.15) is 0 Å². The highest BCUT2D eigenvalue weighted by Gasteiger charge is 2.17. The van der Waals surface area contributed by atoms with Crippen molar-refractivity contribution in [1.82, 2.24) is 5.32 Å². The third-order valence-corrected chi connectivity index (χ3v) is 2.11. The molecule has 0 saturated heterocycles. The molecule has 3 N–H and O–H groups in total. The van der Waals surface area contributed by atoms with Crippen molar-refractivity contribution < 1.29 is 18.3 Å². The van der Waals surface area contributed by atoms with Gasteiger partial charge >= 0.3 is 0 Å². The Morgan fingerprint density at radius 3 is 2.53 bits per heavy atom. The average molecular weight is 244 g/mol. The van der Waals surface area contributed by atoms with Gasteiger partial charge in [0.05, 0.1) is 0 Å². The molecule has 0 radical (unpaired) electrons. The van der Waals surface area contributed by atoms with E-state index in [0.29, 0.717) is 6.54 Å². The summed E-state index contributed by atoms with van der Waals surface area (Å²) in [4.78, 5) is 11.0. The summed E-state index contributed by atoms with van der Waals surface area (Å²) in [5.74, 6) is -2.77. The normalized spacial score (nSPS) is 12.2. The van der Waals surface area contributed by atoms with Gasteiger partial charge in [-0.05, 0) is 18.7 Å². The third kappa shape index (κ3) is 3.67.